The molecule has 0 spiro atoms. The van der Waals surface area contributed by atoms with Crippen LogP contribution in [0.1, 0.15) is 35.1 Å². The SMILES string of the molecule is N#Cc1cccc(CN2CCC(N(Cc3ccccc3)C(=O)Nc3cc(F)cc(C(F)(F)F)c3)CC2)c1. The van der Waals surface area contributed by atoms with Crippen LogP contribution in [-0.2, 0) is 19.3 Å². The fourth-order valence-corrected chi connectivity index (χ4v) is 4.55. The lowest BCUT2D eigenvalue weighted by Crippen LogP contribution is -2.48. The summed E-state index contributed by atoms with van der Waals surface area (Å²) in [5.74, 6) is -1.08. The molecule has 0 saturated carbocycles. The van der Waals surface area contributed by atoms with E-state index < -0.39 is 23.6 Å². The highest BCUT2D eigenvalue weighted by molar-refractivity contribution is 5.89. The van der Waals surface area contributed by atoms with E-state index in [1.54, 1.807) is 11.0 Å². The van der Waals surface area contributed by atoms with Crippen LogP contribution in [0, 0.1) is 17.1 Å². The van der Waals surface area contributed by atoms with Crippen LogP contribution in [0.25, 0.3) is 0 Å². The Morgan fingerprint density at radius 2 is 1.70 bits per heavy atom. The summed E-state index contributed by atoms with van der Waals surface area (Å²) in [5.41, 5.74) is 1.10. The molecule has 3 aromatic carbocycles. The van der Waals surface area contributed by atoms with Crippen molar-refractivity contribution in [2.45, 2.75) is 38.1 Å². The Morgan fingerprint density at radius 3 is 2.38 bits per heavy atom. The van der Waals surface area contributed by atoms with Gasteiger partial charge in [-0.15, -0.1) is 0 Å². The van der Waals surface area contributed by atoms with E-state index in [4.69, 9.17) is 5.26 Å². The number of nitrogens with one attached hydrogen (secondary N) is 1. The molecule has 1 aliphatic heterocycles. The highest BCUT2D eigenvalue weighted by atomic mass is 19.4. The molecule has 4 rings (SSSR count). The molecule has 192 valence electrons. The lowest BCUT2D eigenvalue weighted by Gasteiger charge is -2.38. The number of urea groups is 1. The van der Waals surface area contributed by atoms with E-state index >= 15 is 0 Å². The molecule has 9 heteroatoms. The van der Waals surface area contributed by atoms with Crippen molar-refractivity contribution in [2.75, 3.05) is 18.4 Å². The van der Waals surface area contributed by atoms with Crippen molar-refractivity contribution in [3.63, 3.8) is 0 Å². The Labute approximate surface area is 212 Å². The molecular formula is C28H26F4N4O. The van der Waals surface area contributed by atoms with Gasteiger partial charge in [-0.25, -0.2) is 9.18 Å². The highest BCUT2D eigenvalue weighted by Gasteiger charge is 2.32. The van der Waals surface area contributed by atoms with Gasteiger partial charge < -0.3 is 10.2 Å². The van der Waals surface area contributed by atoms with Gasteiger partial charge >= 0.3 is 12.2 Å². The number of benzene rings is 3. The second-order valence-electron chi connectivity index (χ2n) is 9.09. The van der Waals surface area contributed by atoms with Crippen molar-refractivity contribution in [3.8, 4) is 6.07 Å². The number of alkyl halides is 3. The Bertz CT molecular complexity index is 1270. The molecule has 2 amide bonds. The summed E-state index contributed by atoms with van der Waals surface area (Å²) in [5, 5.41) is 11.6. The number of hydrogen-bond acceptors (Lipinski definition) is 3. The monoisotopic (exact) mass is 510 g/mol. The number of rotatable bonds is 6. The predicted octanol–water partition coefficient (Wildman–Crippen LogP) is 6.41. The van der Waals surface area contributed by atoms with Crippen LogP contribution >= 0.6 is 0 Å². The van der Waals surface area contributed by atoms with Crippen LogP contribution in [0.15, 0.2) is 72.8 Å². The van der Waals surface area contributed by atoms with Gasteiger partial charge in [0, 0.05) is 37.9 Å². The number of carbonyl (C=O) groups is 1. The number of anilines is 1. The third kappa shape index (κ3) is 7.08. The topological polar surface area (TPSA) is 59.4 Å². The van der Waals surface area contributed by atoms with E-state index in [2.05, 4.69) is 16.3 Å². The van der Waals surface area contributed by atoms with Crippen LogP contribution in [-0.4, -0.2) is 35.0 Å². The molecule has 3 aromatic rings. The molecule has 0 bridgehead atoms. The minimum absolute atomic E-state index is 0.155. The van der Waals surface area contributed by atoms with Gasteiger partial charge in [0.2, 0.25) is 0 Å². The van der Waals surface area contributed by atoms with Gasteiger partial charge in [0.1, 0.15) is 5.82 Å². The first-order valence-electron chi connectivity index (χ1n) is 11.9. The lowest BCUT2D eigenvalue weighted by atomic mass is 10.0. The van der Waals surface area contributed by atoms with Crippen LogP contribution in [0.5, 0.6) is 0 Å². The third-order valence-electron chi connectivity index (χ3n) is 6.39. The second-order valence-corrected chi connectivity index (χ2v) is 9.09. The first-order valence-corrected chi connectivity index (χ1v) is 11.9. The number of amides is 2. The van der Waals surface area contributed by atoms with E-state index in [1.165, 1.54) is 0 Å². The number of piperidine rings is 1. The lowest BCUT2D eigenvalue weighted by molar-refractivity contribution is -0.137. The average molecular weight is 511 g/mol. The maximum absolute atomic E-state index is 13.9. The summed E-state index contributed by atoms with van der Waals surface area (Å²) in [4.78, 5) is 17.2. The van der Waals surface area contributed by atoms with Gasteiger partial charge in [0.25, 0.3) is 0 Å². The molecule has 0 aromatic heterocycles. The summed E-state index contributed by atoms with van der Waals surface area (Å²) < 4.78 is 53.3. The van der Waals surface area contributed by atoms with Gasteiger partial charge in [-0.1, -0.05) is 42.5 Å². The zero-order valence-electron chi connectivity index (χ0n) is 20.0. The summed E-state index contributed by atoms with van der Waals surface area (Å²) in [6, 6.07) is 20.2. The fourth-order valence-electron chi connectivity index (χ4n) is 4.55. The first-order chi connectivity index (χ1) is 17.7. The summed E-state index contributed by atoms with van der Waals surface area (Å²) in [6.45, 7) is 2.36. The maximum atomic E-state index is 13.9. The van der Waals surface area contributed by atoms with Gasteiger partial charge in [-0.3, -0.25) is 4.90 Å². The standard InChI is InChI=1S/C28H26F4N4O/c29-24-14-23(28(30,31)32)15-25(16-24)34-27(37)36(19-20-5-2-1-3-6-20)26-9-11-35(12-10-26)18-22-8-4-7-21(13-22)17-33/h1-8,13-16,26H,9-12,18-19H2,(H,34,37). The first kappa shape index (κ1) is 26.2. The molecule has 1 fully saturated rings. The van der Waals surface area contributed by atoms with Crippen molar-refractivity contribution in [3.05, 3.63) is 101 Å². The van der Waals surface area contributed by atoms with Crippen LogP contribution in [0.2, 0.25) is 0 Å². The number of nitrogens with zero attached hydrogens (tertiary/aromatic N) is 3. The van der Waals surface area contributed by atoms with E-state index in [-0.39, 0.29) is 18.3 Å². The Morgan fingerprint density at radius 1 is 1.00 bits per heavy atom. The van der Waals surface area contributed by atoms with E-state index in [9.17, 15) is 22.4 Å². The largest absolute Gasteiger partial charge is 0.416 e. The quantitative estimate of drug-likeness (QED) is 0.390. The fraction of sp³-hybridized carbons (Fsp3) is 0.286. The molecule has 1 saturated heterocycles. The predicted molar refractivity (Wildman–Crippen MR) is 132 cm³/mol. The van der Waals surface area contributed by atoms with Crippen LogP contribution in [0.3, 0.4) is 0 Å². The summed E-state index contributed by atoms with van der Waals surface area (Å²) in [7, 11) is 0. The second kappa shape index (κ2) is 11.4. The minimum Gasteiger partial charge on any atom is -0.317 e. The molecule has 1 N–H and O–H groups in total. The third-order valence-corrected chi connectivity index (χ3v) is 6.39. The molecule has 5 nitrogen and oxygen atoms in total. The molecule has 37 heavy (non-hydrogen) atoms. The average Bonchev–Trinajstić information content (AvgIpc) is 2.88. The maximum Gasteiger partial charge on any atom is 0.416 e. The van der Waals surface area contributed by atoms with Gasteiger partial charge in [0.05, 0.1) is 17.2 Å². The normalized spacial score (nSPS) is 14.7. The molecular weight excluding hydrogens is 484 g/mol. The van der Waals surface area contributed by atoms with E-state index in [0.29, 0.717) is 44.1 Å². The van der Waals surface area contributed by atoms with Gasteiger partial charge in [-0.05, 0) is 54.3 Å². The smallest absolute Gasteiger partial charge is 0.317 e. The van der Waals surface area contributed by atoms with Crippen molar-refractivity contribution in [1.82, 2.24) is 9.80 Å². The number of carbonyl (C=O) groups excluding carboxylic acids is 1. The van der Waals surface area contributed by atoms with E-state index in [1.807, 2.05) is 48.5 Å². The molecule has 0 radical (unpaired) electrons. The number of nitriles is 1. The zero-order valence-corrected chi connectivity index (χ0v) is 20.0. The Balaban J connectivity index is 1.48. The number of hydrogen-bond donors (Lipinski definition) is 1. The Kier molecular flexibility index (Phi) is 8.09. The highest BCUT2D eigenvalue weighted by Crippen LogP contribution is 2.32. The van der Waals surface area contributed by atoms with Gasteiger partial charge in [-0.2, -0.15) is 18.4 Å². The molecule has 0 unspecified atom stereocenters. The van der Waals surface area contributed by atoms with E-state index in [0.717, 1.165) is 23.3 Å². The van der Waals surface area contributed by atoms with Crippen LogP contribution < -0.4 is 5.32 Å². The summed E-state index contributed by atoms with van der Waals surface area (Å²) in [6.07, 6.45) is -3.41. The van der Waals surface area contributed by atoms with Gasteiger partial charge in [0.15, 0.2) is 0 Å². The van der Waals surface area contributed by atoms with Crippen molar-refractivity contribution >= 4 is 11.7 Å². The minimum atomic E-state index is -4.73. The van der Waals surface area contributed by atoms with Crippen molar-refractivity contribution in [1.29, 1.82) is 5.26 Å². The molecule has 1 aliphatic rings. The number of likely N-dealkylation sites (tertiary alicyclic amines) is 1. The Hall–Kier alpha value is -3.90. The van der Waals surface area contributed by atoms with Crippen molar-refractivity contribution < 1.29 is 22.4 Å². The van der Waals surface area contributed by atoms with Crippen molar-refractivity contribution in [2.24, 2.45) is 0 Å². The summed E-state index contributed by atoms with van der Waals surface area (Å²) >= 11 is 0. The molecule has 0 aliphatic carbocycles. The molecule has 1 heterocycles. The molecule has 0 atom stereocenters. The van der Waals surface area contributed by atoms with Crippen LogP contribution in [0.4, 0.5) is 28.0 Å². The number of halogens is 4. The zero-order chi connectivity index (χ0) is 26.4.